The van der Waals surface area contributed by atoms with Crippen molar-refractivity contribution < 1.29 is 14.7 Å². The molecule has 3 N–H and O–H groups in total. The Hall–Kier alpha value is -1.26. The summed E-state index contributed by atoms with van der Waals surface area (Å²) in [5, 5.41) is 14.3. The largest absolute Gasteiger partial charge is 0.480 e. The van der Waals surface area contributed by atoms with Crippen LogP contribution in [-0.2, 0) is 4.79 Å². The summed E-state index contributed by atoms with van der Waals surface area (Å²) in [5.74, 6) is -0.476. The molecule has 0 aliphatic rings. The summed E-state index contributed by atoms with van der Waals surface area (Å²) in [6.45, 7) is 9.82. The third-order valence-electron chi connectivity index (χ3n) is 3.02. The normalized spacial score (nSPS) is 14.3. The maximum Gasteiger partial charge on any atom is 0.326 e. The number of hydrogen-bond donors (Lipinski definition) is 3. The molecule has 2 amide bonds. The summed E-state index contributed by atoms with van der Waals surface area (Å²) in [6.07, 6.45) is 3.11. The lowest BCUT2D eigenvalue weighted by Gasteiger charge is -2.20. The van der Waals surface area contributed by atoms with Gasteiger partial charge in [0, 0.05) is 6.04 Å². The second kappa shape index (κ2) is 8.77. The van der Waals surface area contributed by atoms with Crippen LogP contribution in [0, 0.1) is 11.8 Å². The lowest BCUT2D eigenvalue weighted by Crippen LogP contribution is -2.50. The number of carboxylic acids is 1. The fourth-order valence-corrected chi connectivity index (χ4v) is 1.82. The number of amides is 2. The van der Waals surface area contributed by atoms with E-state index < -0.39 is 18.0 Å². The van der Waals surface area contributed by atoms with Crippen LogP contribution in [0.25, 0.3) is 0 Å². The second-order valence-electron chi connectivity index (χ2n) is 5.90. The van der Waals surface area contributed by atoms with Gasteiger partial charge in [0.2, 0.25) is 0 Å². The number of hydrogen-bond acceptors (Lipinski definition) is 2. The molecule has 0 bridgehead atoms. The highest BCUT2D eigenvalue weighted by Gasteiger charge is 2.23. The van der Waals surface area contributed by atoms with Crippen molar-refractivity contribution in [3.8, 4) is 0 Å². The van der Waals surface area contributed by atoms with Crippen LogP contribution < -0.4 is 10.6 Å². The SMILES string of the molecule is CC(C)CCCC(C)NC(=O)N[C@@H](C(=O)O)C(C)C. The van der Waals surface area contributed by atoms with Crippen LogP contribution in [0.2, 0.25) is 0 Å². The lowest BCUT2D eigenvalue weighted by atomic mass is 10.0. The molecule has 0 aromatic carbocycles. The van der Waals surface area contributed by atoms with Gasteiger partial charge in [0.1, 0.15) is 6.04 Å². The smallest absolute Gasteiger partial charge is 0.326 e. The molecule has 0 rings (SSSR count). The predicted molar refractivity (Wildman–Crippen MR) is 76.1 cm³/mol. The van der Waals surface area contributed by atoms with E-state index in [1.165, 1.54) is 0 Å². The Bertz CT molecular complexity index is 290. The first kappa shape index (κ1) is 17.7. The predicted octanol–water partition coefficient (Wildman–Crippen LogP) is 2.61. The van der Waals surface area contributed by atoms with Gasteiger partial charge in [0.05, 0.1) is 0 Å². The van der Waals surface area contributed by atoms with Gasteiger partial charge in [-0.15, -0.1) is 0 Å². The molecule has 0 aromatic heterocycles. The molecule has 0 spiro atoms. The highest BCUT2D eigenvalue weighted by Crippen LogP contribution is 2.08. The minimum Gasteiger partial charge on any atom is -0.480 e. The molecule has 112 valence electrons. The van der Waals surface area contributed by atoms with E-state index in [9.17, 15) is 9.59 Å². The molecule has 0 heterocycles. The van der Waals surface area contributed by atoms with Crippen LogP contribution in [-0.4, -0.2) is 29.2 Å². The quantitative estimate of drug-likeness (QED) is 0.635. The van der Waals surface area contributed by atoms with Crippen molar-refractivity contribution in [2.75, 3.05) is 0 Å². The summed E-state index contributed by atoms with van der Waals surface area (Å²) < 4.78 is 0. The lowest BCUT2D eigenvalue weighted by molar-refractivity contribution is -0.140. The van der Waals surface area contributed by atoms with Crippen molar-refractivity contribution in [2.24, 2.45) is 11.8 Å². The van der Waals surface area contributed by atoms with Gasteiger partial charge < -0.3 is 15.7 Å². The van der Waals surface area contributed by atoms with Crippen molar-refractivity contribution in [1.82, 2.24) is 10.6 Å². The van der Waals surface area contributed by atoms with Crippen LogP contribution in [0.3, 0.4) is 0 Å². The Kier molecular flexibility index (Phi) is 8.19. The first-order valence-corrected chi connectivity index (χ1v) is 7.03. The Balaban J connectivity index is 4.05. The van der Waals surface area contributed by atoms with Crippen LogP contribution in [0.4, 0.5) is 4.79 Å². The van der Waals surface area contributed by atoms with Gasteiger partial charge in [-0.05, 0) is 25.2 Å². The maximum atomic E-state index is 11.7. The van der Waals surface area contributed by atoms with Crippen LogP contribution in [0.15, 0.2) is 0 Å². The van der Waals surface area contributed by atoms with Gasteiger partial charge in [-0.2, -0.15) is 0 Å². The average molecular weight is 272 g/mol. The molecule has 0 radical (unpaired) electrons. The Labute approximate surface area is 116 Å². The third-order valence-corrected chi connectivity index (χ3v) is 3.02. The average Bonchev–Trinajstić information content (AvgIpc) is 2.24. The molecule has 0 aliphatic carbocycles. The molecule has 2 atom stereocenters. The van der Waals surface area contributed by atoms with E-state index in [1.807, 2.05) is 6.92 Å². The minimum atomic E-state index is -1.00. The summed E-state index contributed by atoms with van der Waals surface area (Å²) >= 11 is 0. The number of carbonyl (C=O) groups excluding carboxylic acids is 1. The standard InChI is InChI=1S/C14H28N2O3/c1-9(2)7-6-8-11(5)15-14(19)16-12(10(3)4)13(17)18/h9-12H,6-8H2,1-5H3,(H,17,18)(H2,15,16,19)/t11?,12-/m1/s1. The highest BCUT2D eigenvalue weighted by molar-refractivity contribution is 5.82. The number of nitrogens with one attached hydrogen (secondary N) is 2. The van der Waals surface area contributed by atoms with E-state index in [0.717, 1.165) is 19.3 Å². The fraction of sp³-hybridized carbons (Fsp3) is 0.857. The van der Waals surface area contributed by atoms with Crippen LogP contribution in [0.1, 0.15) is 53.9 Å². The number of carbonyl (C=O) groups is 2. The van der Waals surface area contributed by atoms with Gasteiger partial charge in [0.15, 0.2) is 0 Å². The number of rotatable bonds is 8. The van der Waals surface area contributed by atoms with E-state index in [4.69, 9.17) is 5.11 Å². The summed E-state index contributed by atoms with van der Waals surface area (Å²) in [5.41, 5.74) is 0. The molecule has 0 saturated carbocycles. The molecule has 1 unspecified atom stereocenters. The zero-order valence-corrected chi connectivity index (χ0v) is 12.7. The molecular formula is C14H28N2O3. The summed E-state index contributed by atoms with van der Waals surface area (Å²) in [4.78, 5) is 22.7. The third kappa shape index (κ3) is 8.46. The number of aliphatic carboxylic acids is 1. The van der Waals surface area contributed by atoms with Gasteiger partial charge in [0.25, 0.3) is 0 Å². The maximum absolute atomic E-state index is 11.7. The molecule has 5 heteroatoms. The first-order valence-electron chi connectivity index (χ1n) is 7.03. The topological polar surface area (TPSA) is 78.4 Å². The first-order chi connectivity index (χ1) is 8.73. The molecule has 5 nitrogen and oxygen atoms in total. The van der Waals surface area contributed by atoms with Crippen LogP contribution in [0.5, 0.6) is 0 Å². The van der Waals surface area contributed by atoms with Crippen LogP contribution >= 0.6 is 0 Å². The van der Waals surface area contributed by atoms with Crippen molar-refractivity contribution in [2.45, 2.75) is 66.0 Å². The van der Waals surface area contributed by atoms with Gasteiger partial charge in [-0.1, -0.05) is 40.5 Å². The Morgan fingerprint density at radius 3 is 2.00 bits per heavy atom. The number of urea groups is 1. The van der Waals surface area contributed by atoms with Gasteiger partial charge in [-0.25, -0.2) is 9.59 Å². The molecular weight excluding hydrogens is 244 g/mol. The molecule has 0 fully saturated rings. The summed E-state index contributed by atoms with van der Waals surface area (Å²) in [7, 11) is 0. The zero-order chi connectivity index (χ0) is 15.0. The zero-order valence-electron chi connectivity index (χ0n) is 12.7. The van der Waals surface area contributed by atoms with Crippen molar-refractivity contribution in [3.63, 3.8) is 0 Å². The van der Waals surface area contributed by atoms with Gasteiger partial charge in [-0.3, -0.25) is 0 Å². The monoisotopic (exact) mass is 272 g/mol. The van der Waals surface area contributed by atoms with E-state index in [0.29, 0.717) is 5.92 Å². The van der Waals surface area contributed by atoms with Gasteiger partial charge >= 0.3 is 12.0 Å². The van der Waals surface area contributed by atoms with E-state index in [1.54, 1.807) is 13.8 Å². The Morgan fingerprint density at radius 2 is 1.58 bits per heavy atom. The minimum absolute atomic E-state index is 0.0559. The molecule has 19 heavy (non-hydrogen) atoms. The molecule has 0 aliphatic heterocycles. The van der Waals surface area contributed by atoms with E-state index in [-0.39, 0.29) is 12.0 Å². The van der Waals surface area contributed by atoms with Crippen molar-refractivity contribution >= 4 is 12.0 Å². The Morgan fingerprint density at radius 1 is 1.00 bits per heavy atom. The fourth-order valence-electron chi connectivity index (χ4n) is 1.82. The number of carboxylic acid groups (broad SMARTS) is 1. The summed E-state index contributed by atoms with van der Waals surface area (Å²) in [6, 6.07) is -1.19. The van der Waals surface area contributed by atoms with Crippen molar-refractivity contribution in [3.05, 3.63) is 0 Å². The molecule has 0 saturated heterocycles. The van der Waals surface area contributed by atoms with Crippen molar-refractivity contribution in [1.29, 1.82) is 0 Å². The van der Waals surface area contributed by atoms with E-state index in [2.05, 4.69) is 24.5 Å². The molecule has 0 aromatic rings. The highest BCUT2D eigenvalue weighted by atomic mass is 16.4. The second-order valence-corrected chi connectivity index (χ2v) is 5.90. The van der Waals surface area contributed by atoms with E-state index >= 15 is 0 Å².